The third kappa shape index (κ3) is 9.24. The van der Waals surface area contributed by atoms with Gasteiger partial charge in [0.2, 0.25) is 17.7 Å². The molecule has 0 aliphatic carbocycles. The fourth-order valence-corrected chi connectivity index (χ4v) is 3.38. The molecule has 1 aromatic carbocycles. The van der Waals surface area contributed by atoms with E-state index in [1.54, 1.807) is 11.0 Å². The number of aliphatic imine (C=N–C) groups is 1. The summed E-state index contributed by atoms with van der Waals surface area (Å²) in [5.74, 6) is -0.794. The molecule has 1 unspecified atom stereocenters. The maximum absolute atomic E-state index is 12.3. The maximum Gasteiger partial charge on any atom is 0.246 e. The highest BCUT2D eigenvalue weighted by Crippen LogP contribution is 2.08. The second kappa shape index (κ2) is 13.9. The molecule has 1 aliphatic heterocycles. The molecule has 1 heterocycles. The molecule has 1 aliphatic rings. The molecule has 8 heteroatoms. The maximum atomic E-state index is 12.3. The number of nitrogens with zero attached hydrogens (tertiary/aromatic N) is 2. The number of carbonyl (C=O) groups is 4. The van der Waals surface area contributed by atoms with Crippen molar-refractivity contribution < 1.29 is 19.2 Å². The Kier molecular flexibility index (Phi) is 10.8. The number of Topliss-reactive ketones (excluding diaryl/α,β-unsaturated/α-hetero) is 1. The van der Waals surface area contributed by atoms with Crippen LogP contribution in [-0.4, -0.2) is 67.3 Å². The van der Waals surface area contributed by atoms with E-state index in [1.807, 2.05) is 36.4 Å². The van der Waals surface area contributed by atoms with E-state index in [1.165, 1.54) is 0 Å². The van der Waals surface area contributed by atoms with Crippen molar-refractivity contribution in [3.63, 3.8) is 0 Å². The van der Waals surface area contributed by atoms with Gasteiger partial charge >= 0.3 is 0 Å². The van der Waals surface area contributed by atoms with Gasteiger partial charge in [0.15, 0.2) is 5.78 Å². The first-order chi connectivity index (χ1) is 15.5. The van der Waals surface area contributed by atoms with Crippen molar-refractivity contribution in [3.05, 3.63) is 48.0 Å². The Morgan fingerprint density at radius 1 is 1.03 bits per heavy atom. The summed E-state index contributed by atoms with van der Waals surface area (Å²) < 4.78 is 0. The van der Waals surface area contributed by atoms with Gasteiger partial charge in [0.05, 0.1) is 13.1 Å². The van der Waals surface area contributed by atoms with Gasteiger partial charge in [-0.2, -0.15) is 0 Å². The third-order valence-corrected chi connectivity index (χ3v) is 5.28. The minimum absolute atomic E-state index is 0.0404. The minimum Gasteiger partial charge on any atom is -0.347 e. The van der Waals surface area contributed by atoms with E-state index in [9.17, 15) is 19.2 Å². The van der Waals surface area contributed by atoms with Crippen molar-refractivity contribution in [2.24, 2.45) is 4.99 Å². The predicted octanol–water partition coefficient (Wildman–Crippen LogP) is 1.45. The van der Waals surface area contributed by atoms with E-state index in [0.717, 1.165) is 18.4 Å². The minimum atomic E-state index is -0.572. The molecule has 32 heavy (non-hydrogen) atoms. The number of amides is 3. The lowest BCUT2D eigenvalue weighted by Gasteiger charge is -2.14. The molecule has 2 N–H and O–H groups in total. The van der Waals surface area contributed by atoms with E-state index in [4.69, 9.17) is 0 Å². The number of ketones is 1. The SMILES string of the molecule is C=NC(CCc1ccccc1)C(=O)CNC(=O)CNC(=O)CCCCCN1CC=CC1=O. The average molecular weight is 441 g/mol. The molecular formula is C24H32N4O4. The number of benzene rings is 1. The molecule has 1 aromatic rings. The number of hydrogen-bond donors (Lipinski definition) is 2. The number of nitrogens with one attached hydrogen (secondary N) is 2. The molecule has 172 valence electrons. The van der Waals surface area contributed by atoms with Crippen LogP contribution in [0.15, 0.2) is 47.5 Å². The summed E-state index contributed by atoms with van der Waals surface area (Å²) in [7, 11) is 0. The third-order valence-electron chi connectivity index (χ3n) is 5.28. The van der Waals surface area contributed by atoms with E-state index in [0.29, 0.717) is 38.8 Å². The summed E-state index contributed by atoms with van der Waals surface area (Å²) in [6, 6.07) is 9.22. The van der Waals surface area contributed by atoms with Crippen molar-refractivity contribution in [2.75, 3.05) is 26.2 Å². The number of rotatable bonds is 15. The average Bonchev–Trinajstić information content (AvgIpc) is 3.21. The Labute approximate surface area is 189 Å². The van der Waals surface area contributed by atoms with Crippen LogP contribution in [0.1, 0.15) is 37.7 Å². The Morgan fingerprint density at radius 2 is 1.78 bits per heavy atom. The quantitative estimate of drug-likeness (QED) is 0.318. The fraction of sp³-hybridized carbons (Fsp3) is 0.458. The molecule has 3 amide bonds. The van der Waals surface area contributed by atoms with Gasteiger partial charge in [-0.3, -0.25) is 24.2 Å². The van der Waals surface area contributed by atoms with Crippen LogP contribution in [0, 0.1) is 0 Å². The predicted molar refractivity (Wildman–Crippen MR) is 123 cm³/mol. The lowest BCUT2D eigenvalue weighted by atomic mass is 10.0. The van der Waals surface area contributed by atoms with E-state index >= 15 is 0 Å². The monoisotopic (exact) mass is 440 g/mol. The lowest BCUT2D eigenvalue weighted by Crippen LogP contribution is -2.41. The normalized spacial score (nSPS) is 13.6. The van der Waals surface area contributed by atoms with E-state index in [2.05, 4.69) is 22.3 Å². The number of carbonyl (C=O) groups excluding carboxylic acids is 4. The number of aryl methyl sites for hydroxylation is 1. The van der Waals surface area contributed by atoms with Crippen molar-refractivity contribution in [2.45, 2.75) is 44.6 Å². The molecular weight excluding hydrogens is 408 g/mol. The zero-order valence-corrected chi connectivity index (χ0v) is 18.4. The summed E-state index contributed by atoms with van der Waals surface area (Å²) in [5.41, 5.74) is 1.11. The van der Waals surface area contributed by atoms with Gasteiger partial charge in [0.1, 0.15) is 6.04 Å². The zero-order chi connectivity index (χ0) is 23.2. The van der Waals surface area contributed by atoms with Crippen LogP contribution in [0.3, 0.4) is 0 Å². The highest BCUT2D eigenvalue weighted by molar-refractivity contribution is 5.91. The van der Waals surface area contributed by atoms with Gasteiger partial charge in [0, 0.05) is 25.6 Å². The lowest BCUT2D eigenvalue weighted by molar-refractivity contribution is -0.127. The zero-order valence-electron chi connectivity index (χ0n) is 18.4. The first kappa shape index (κ1) is 25.0. The molecule has 0 saturated carbocycles. The second-order valence-electron chi connectivity index (χ2n) is 7.74. The Balaban J connectivity index is 1.53. The summed E-state index contributed by atoms with van der Waals surface area (Å²) in [4.78, 5) is 53.2. The molecule has 2 rings (SSSR count). The number of unbranched alkanes of at least 4 members (excludes halogenated alkanes) is 2. The molecule has 1 atom stereocenters. The van der Waals surface area contributed by atoms with Crippen LogP contribution >= 0.6 is 0 Å². The molecule has 0 fully saturated rings. The van der Waals surface area contributed by atoms with Crippen LogP contribution < -0.4 is 10.6 Å². The van der Waals surface area contributed by atoms with Crippen LogP contribution in [0.5, 0.6) is 0 Å². The summed E-state index contributed by atoms with van der Waals surface area (Å²) in [6.45, 7) is 4.52. The molecule has 0 spiro atoms. The van der Waals surface area contributed by atoms with Gasteiger partial charge < -0.3 is 15.5 Å². The molecule has 0 saturated heterocycles. The first-order valence-corrected chi connectivity index (χ1v) is 11.0. The molecule has 0 aromatic heterocycles. The molecule has 0 bridgehead atoms. The fourth-order valence-electron chi connectivity index (χ4n) is 3.38. The summed E-state index contributed by atoms with van der Waals surface area (Å²) >= 11 is 0. The van der Waals surface area contributed by atoms with Crippen LogP contribution in [0.2, 0.25) is 0 Å². The standard InChI is InChI=1S/C24H32N4O4/c1-25-20(14-13-19-9-4-2-5-10-19)21(29)17-26-23(31)18-27-22(30)11-6-3-7-15-28-16-8-12-24(28)32/h2,4-5,8-10,12,20H,1,3,6-7,11,13-18H2,(H,26,31)(H,27,30). The van der Waals surface area contributed by atoms with Crippen molar-refractivity contribution in [1.82, 2.24) is 15.5 Å². The first-order valence-electron chi connectivity index (χ1n) is 11.0. The van der Waals surface area contributed by atoms with Crippen molar-refractivity contribution >= 4 is 30.2 Å². The van der Waals surface area contributed by atoms with Gasteiger partial charge in [-0.05, 0) is 38.0 Å². The number of hydrogen-bond acceptors (Lipinski definition) is 5. The summed E-state index contributed by atoms with van der Waals surface area (Å²) in [5, 5.41) is 5.09. The van der Waals surface area contributed by atoms with Crippen molar-refractivity contribution in [1.29, 1.82) is 0 Å². The molecule has 0 radical (unpaired) electrons. The van der Waals surface area contributed by atoms with Gasteiger partial charge in [-0.15, -0.1) is 0 Å². The van der Waals surface area contributed by atoms with Gasteiger partial charge in [-0.1, -0.05) is 42.8 Å². The topological polar surface area (TPSA) is 108 Å². The largest absolute Gasteiger partial charge is 0.347 e. The highest BCUT2D eigenvalue weighted by Gasteiger charge is 2.17. The second-order valence-corrected chi connectivity index (χ2v) is 7.74. The summed E-state index contributed by atoms with van der Waals surface area (Å²) in [6.07, 6.45) is 7.32. The van der Waals surface area contributed by atoms with Gasteiger partial charge in [0.25, 0.3) is 0 Å². The van der Waals surface area contributed by atoms with E-state index in [-0.39, 0.29) is 30.7 Å². The van der Waals surface area contributed by atoms with Gasteiger partial charge in [-0.25, -0.2) is 0 Å². The Morgan fingerprint density at radius 3 is 2.47 bits per heavy atom. The van der Waals surface area contributed by atoms with E-state index < -0.39 is 11.9 Å². The molecule has 8 nitrogen and oxygen atoms in total. The smallest absolute Gasteiger partial charge is 0.246 e. The Hall–Kier alpha value is -3.29. The van der Waals surface area contributed by atoms with Crippen LogP contribution in [0.25, 0.3) is 0 Å². The Bertz CT molecular complexity index is 823. The van der Waals surface area contributed by atoms with Crippen molar-refractivity contribution in [3.8, 4) is 0 Å². The van der Waals surface area contributed by atoms with Crippen LogP contribution in [-0.2, 0) is 25.6 Å². The van der Waals surface area contributed by atoms with Crippen LogP contribution in [0.4, 0.5) is 0 Å². The highest BCUT2D eigenvalue weighted by atomic mass is 16.2.